The van der Waals surface area contributed by atoms with Gasteiger partial charge in [-0.1, -0.05) is 0 Å². The van der Waals surface area contributed by atoms with Gasteiger partial charge >= 0.3 is 0 Å². The zero-order valence-corrected chi connectivity index (χ0v) is 11.7. The zero-order valence-electron chi connectivity index (χ0n) is 9.53. The number of nitrogens with zero attached hydrogens (tertiary/aromatic N) is 3. The van der Waals surface area contributed by atoms with Gasteiger partial charge in [-0.05, 0) is 29.5 Å². The second-order valence-corrected chi connectivity index (χ2v) is 4.76. The number of carbonyl (C=O) groups excluding carboxylic acids is 1. The molecule has 6 heteroatoms. The summed E-state index contributed by atoms with van der Waals surface area (Å²) < 4.78 is 2.08. The van der Waals surface area contributed by atoms with Crippen LogP contribution in [-0.4, -0.2) is 34.5 Å². The van der Waals surface area contributed by atoms with Gasteiger partial charge in [0.05, 0.1) is 15.6 Å². The molecule has 0 saturated heterocycles. The predicted octanol–water partition coefficient (Wildman–Crippen LogP) is 0.635. The minimum Gasteiger partial charge on any atom is -0.349 e. The lowest BCUT2D eigenvalue weighted by molar-refractivity contribution is -0.128. The van der Waals surface area contributed by atoms with Crippen molar-refractivity contribution in [3.05, 3.63) is 25.9 Å². The van der Waals surface area contributed by atoms with Crippen LogP contribution >= 0.6 is 22.6 Å². The molecule has 0 fully saturated rings. The quantitative estimate of drug-likeness (QED) is 0.762. The van der Waals surface area contributed by atoms with Crippen molar-refractivity contribution in [3.63, 3.8) is 0 Å². The first-order valence-corrected chi connectivity index (χ1v) is 5.93. The van der Waals surface area contributed by atoms with Gasteiger partial charge in [-0.2, -0.15) is 0 Å². The lowest BCUT2D eigenvalue weighted by Crippen LogP contribution is -2.28. The van der Waals surface area contributed by atoms with Crippen molar-refractivity contribution >= 4 is 28.5 Å². The van der Waals surface area contributed by atoms with Crippen molar-refractivity contribution in [2.24, 2.45) is 0 Å². The maximum absolute atomic E-state index is 11.8. The van der Waals surface area contributed by atoms with Crippen LogP contribution in [0.15, 0.2) is 11.1 Å². The fourth-order valence-electron chi connectivity index (χ4n) is 1.15. The zero-order chi connectivity index (χ0) is 12.3. The molecule has 1 rings (SSSR count). The summed E-state index contributed by atoms with van der Waals surface area (Å²) >= 11 is 1.97. The highest BCUT2D eigenvalue weighted by atomic mass is 127. The van der Waals surface area contributed by atoms with Crippen molar-refractivity contribution in [2.75, 3.05) is 14.1 Å². The summed E-state index contributed by atoms with van der Waals surface area (Å²) in [4.78, 5) is 28.7. The Morgan fingerprint density at radius 3 is 2.75 bits per heavy atom. The molecule has 0 unspecified atom stereocenters. The number of hydrogen-bond donors (Lipinski definition) is 0. The number of rotatable bonds is 3. The van der Waals surface area contributed by atoms with Gasteiger partial charge in [0.1, 0.15) is 0 Å². The first-order valence-electron chi connectivity index (χ1n) is 4.85. The molecule has 1 amide bonds. The van der Waals surface area contributed by atoms with Gasteiger partial charge in [0, 0.05) is 27.1 Å². The van der Waals surface area contributed by atoms with Gasteiger partial charge in [-0.3, -0.25) is 14.2 Å². The van der Waals surface area contributed by atoms with E-state index in [1.807, 2.05) is 22.6 Å². The van der Waals surface area contributed by atoms with E-state index >= 15 is 0 Å². The summed E-state index contributed by atoms with van der Waals surface area (Å²) in [6, 6.07) is 0. The summed E-state index contributed by atoms with van der Waals surface area (Å²) in [6.45, 7) is 2.16. The van der Waals surface area contributed by atoms with Gasteiger partial charge in [0.2, 0.25) is 5.91 Å². The van der Waals surface area contributed by atoms with Gasteiger partial charge in [-0.25, -0.2) is 4.98 Å². The predicted molar refractivity (Wildman–Crippen MR) is 69.3 cm³/mol. The summed E-state index contributed by atoms with van der Waals surface area (Å²) in [6.07, 6.45) is 1.80. The van der Waals surface area contributed by atoms with Crippen LogP contribution < -0.4 is 5.56 Å². The molecule has 0 aromatic carbocycles. The van der Waals surface area contributed by atoms with E-state index in [1.54, 1.807) is 21.0 Å². The third kappa shape index (κ3) is 3.03. The number of aryl methyl sites for hydroxylation is 2. The van der Waals surface area contributed by atoms with E-state index in [4.69, 9.17) is 0 Å². The third-order valence-electron chi connectivity index (χ3n) is 2.22. The van der Waals surface area contributed by atoms with E-state index in [9.17, 15) is 9.59 Å². The van der Waals surface area contributed by atoms with E-state index in [2.05, 4.69) is 4.98 Å². The summed E-state index contributed by atoms with van der Waals surface area (Å²) in [5, 5.41) is 0. The Labute approximate surface area is 108 Å². The van der Waals surface area contributed by atoms with Crippen molar-refractivity contribution in [1.82, 2.24) is 14.5 Å². The molecule has 0 aliphatic carbocycles. The van der Waals surface area contributed by atoms with Gasteiger partial charge in [-0.15, -0.1) is 0 Å². The number of hydrogen-bond acceptors (Lipinski definition) is 3. The lowest BCUT2D eigenvalue weighted by atomic mass is 10.3. The van der Waals surface area contributed by atoms with E-state index < -0.39 is 0 Å². The van der Waals surface area contributed by atoms with Crippen molar-refractivity contribution in [3.8, 4) is 0 Å². The first kappa shape index (κ1) is 13.1. The first-order chi connectivity index (χ1) is 7.43. The minimum atomic E-state index is -0.0837. The smallest absolute Gasteiger partial charge is 0.267 e. The van der Waals surface area contributed by atoms with Crippen LogP contribution in [0.25, 0.3) is 0 Å². The Balaban J connectivity index is 2.80. The number of amides is 1. The van der Waals surface area contributed by atoms with Crippen molar-refractivity contribution in [1.29, 1.82) is 0 Å². The van der Waals surface area contributed by atoms with Crippen LogP contribution in [0.4, 0.5) is 0 Å². The summed E-state index contributed by atoms with van der Waals surface area (Å²) in [5.41, 5.74) is 0.639. The molecular formula is C10H14IN3O2. The molecule has 0 spiro atoms. The molecular weight excluding hydrogens is 321 g/mol. The highest BCUT2D eigenvalue weighted by Gasteiger charge is 2.08. The van der Waals surface area contributed by atoms with Crippen LogP contribution in [-0.2, 0) is 11.3 Å². The molecule has 0 aliphatic rings. The number of halogens is 1. The largest absolute Gasteiger partial charge is 0.349 e. The molecule has 0 radical (unpaired) electrons. The molecule has 1 aromatic heterocycles. The standard InChI is InChI=1S/C10H14IN3O2/c1-7-9(11)10(16)14(6-12-7)5-4-8(15)13(2)3/h6H,4-5H2,1-3H3. The highest BCUT2D eigenvalue weighted by Crippen LogP contribution is 2.01. The van der Waals surface area contributed by atoms with E-state index in [0.717, 1.165) is 5.69 Å². The van der Waals surface area contributed by atoms with Gasteiger partial charge in [0.25, 0.3) is 5.56 Å². The summed E-state index contributed by atoms with van der Waals surface area (Å²) in [5.74, 6) is 0.00230. The van der Waals surface area contributed by atoms with Gasteiger partial charge < -0.3 is 4.90 Å². The third-order valence-corrected chi connectivity index (χ3v) is 3.46. The van der Waals surface area contributed by atoms with Crippen molar-refractivity contribution in [2.45, 2.75) is 19.9 Å². The molecule has 88 valence electrons. The molecule has 5 nitrogen and oxygen atoms in total. The average Bonchev–Trinajstić information content (AvgIpc) is 2.24. The maximum Gasteiger partial charge on any atom is 0.267 e. The minimum absolute atomic E-state index is 0.00230. The van der Waals surface area contributed by atoms with Crippen LogP contribution in [0.3, 0.4) is 0 Å². The SMILES string of the molecule is Cc1ncn(CCC(=O)N(C)C)c(=O)c1I. The molecule has 16 heavy (non-hydrogen) atoms. The molecule has 0 atom stereocenters. The molecule has 1 aromatic rings. The Bertz CT molecular complexity index is 454. The fourth-order valence-corrected chi connectivity index (χ4v) is 1.59. The number of carbonyl (C=O) groups is 1. The van der Waals surface area contributed by atoms with E-state index in [1.165, 1.54) is 15.8 Å². The fraction of sp³-hybridized carbons (Fsp3) is 0.500. The van der Waals surface area contributed by atoms with Crippen molar-refractivity contribution < 1.29 is 4.79 Å². The molecule has 0 aliphatic heterocycles. The monoisotopic (exact) mass is 335 g/mol. The average molecular weight is 335 g/mol. The van der Waals surface area contributed by atoms with Crippen LogP contribution in [0.2, 0.25) is 0 Å². The van der Waals surface area contributed by atoms with Crippen LogP contribution in [0, 0.1) is 10.5 Å². The Kier molecular flexibility index (Phi) is 4.45. The molecule has 0 bridgehead atoms. The normalized spacial score (nSPS) is 10.2. The van der Waals surface area contributed by atoms with Crippen LogP contribution in [0.5, 0.6) is 0 Å². The van der Waals surface area contributed by atoms with E-state index in [-0.39, 0.29) is 11.5 Å². The Morgan fingerprint density at radius 2 is 2.19 bits per heavy atom. The second-order valence-electron chi connectivity index (χ2n) is 3.68. The van der Waals surface area contributed by atoms with Crippen LogP contribution in [0.1, 0.15) is 12.1 Å². The number of aromatic nitrogens is 2. The molecule has 0 N–H and O–H groups in total. The highest BCUT2D eigenvalue weighted by molar-refractivity contribution is 14.1. The maximum atomic E-state index is 11.8. The van der Waals surface area contributed by atoms with Gasteiger partial charge in [0.15, 0.2) is 0 Å². The Hall–Kier alpha value is -0.920. The topological polar surface area (TPSA) is 55.2 Å². The second kappa shape index (κ2) is 5.42. The molecule has 0 saturated carbocycles. The van der Waals surface area contributed by atoms with E-state index in [0.29, 0.717) is 16.5 Å². The molecule has 1 heterocycles. The Morgan fingerprint density at radius 1 is 1.56 bits per heavy atom. The lowest BCUT2D eigenvalue weighted by Gasteiger charge is -2.11. The summed E-state index contributed by atoms with van der Waals surface area (Å²) in [7, 11) is 3.39.